The fourth-order valence-electron chi connectivity index (χ4n) is 3.66. The van der Waals surface area contributed by atoms with Crippen molar-refractivity contribution in [2.45, 2.75) is 58.2 Å². The van der Waals surface area contributed by atoms with Crippen LogP contribution in [0.4, 0.5) is 0 Å². The van der Waals surface area contributed by atoms with E-state index in [1.807, 2.05) is 48.5 Å². The van der Waals surface area contributed by atoms with Crippen LogP contribution >= 0.6 is 0 Å². The summed E-state index contributed by atoms with van der Waals surface area (Å²) in [4.78, 5) is 12.4. The Balaban J connectivity index is 2.05. The van der Waals surface area contributed by atoms with Crippen molar-refractivity contribution in [1.29, 1.82) is 0 Å². The SMILES string of the molecule is CCCCC(CC)CC1(C(=O)O)Oc2ccccc2Cc2ccccc2O1. The average Bonchev–Trinajstić information content (AvgIpc) is 2.66. The molecule has 4 heteroatoms. The lowest BCUT2D eigenvalue weighted by atomic mass is 9.90. The summed E-state index contributed by atoms with van der Waals surface area (Å²) in [6.07, 6.45) is 4.99. The highest BCUT2D eigenvalue weighted by atomic mass is 16.7. The molecule has 4 nitrogen and oxygen atoms in total. The van der Waals surface area contributed by atoms with Crippen molar-refractivity contribution in [1.82, 2.24) is 0 Å². The number of benzene rings is 2. The Morgan fingerprint density at radius 3 is 2.07 bits per heavy atom. The molecule has 1 unspecified atom stereocenters. The first-order valence-corrected chi connectivity index (χ1v) is 9.85. The molecule has 0 radical (unpaired) electrons. The lowest BCUT2D eigenvalue weighted by Crippen LogP contribution is -2.52. The molecule has 1 aliphatic heterocycles. The average molecular weight is 368 g/mol. The maximum atomic E-state index is 12.4. The Labute approximate surface area is 161 Å². The number of hydrogen-bond acceptors (Lipinski definition) is 3. The number of hydrogen-bond donors (Lipinski definition) is 1. The van der Waals surface area contributed by atoms with Crippen LogP contribution < -0.4 is 9.47 Å². The lowest BCUT2D eigenvalue weighted by molar-refractivity contribution is -0.191. The summed E-state index contributed by atoms with van der Waals surface area (Å²) in [6, 6.07) is 15.3. The normalized spacial score (nSPS) is 15.9. The highest BCUT2D eigenvalue weighted by Gasteiger charge is 2.47. The molecule has 0 fully saturated rings. The van der Waals surface area contributed by atoms with E-state index < -0.39 is 11.8 Å². The van der Waals surface area contributed by atoms with Crippen LogP contribution in [0, 0.1) is 5.92 Å². The van der Waals surface area contributed by atoms with E-state index in [4.69, 9.17) is 9.47 Å². The fourth-order valence-corrected chi connectivity index (χ4v) is 3.66. The Morgan fingerprint density at radius 2 is 1.59 bits per heavy atom. The number of aliphatic carboxylic acids is 1. The maximum Gasteiger partial charge on any atom is 0.390 e. The van der Waals surface area contributed by atoms with E-state index >= 15 is 0 Å². The molecule has 3 rings (SSSR count). The molecule has 2 aromatic carbocycles. The largest absolute Gasteiger partial charge is 0.475 e. The van der Waals surface area contributed by atoms with E-state index in [1.54, 1.807) is 0 Å². The van der Waals surface area contributed by atoms with Crippen LogP contribution in [0.25, 0.3) is 0 Å². The van der Waals surface area contributed by atoms with Gasteiger partial charge in [-0.1, -0.05) is 75.9 Å². The number of carbonyl (C=O) groups is 1. The highest BCUT2D eigenvalue weighted by molar-refractivity contribution is 5.77. The minimum absolute atomic E-state index is 0.222. The maximum absolute atomic E-state index is 12.4. The number of ether oxygens (including phenoxy) is 2. The molecule has 1 heterocycles. The van der Waals surface area contributed by atoms with Gasteiger partial charge < -0.3 is 14.6 Å². The van der Waals surface area contributed by atoms with Crippen molar-refractivity contribution in [3.05, 3.63) is 59.7 Å². The predicted octanol–water partition coefficient (Wildman–Crippen LogP) is 5.44. The van der Waals surface area contributed by atoms with Gasteiger partial charge in [-0.2, -0.15) is 0 Å². The first-order chi connectivity index (χ1) is 13.1. The monoisotopic (exact) mass is 368 g/mol. The second kappa shape index (κ2) is 8.47. The summed E-state index contributed by atoms with van der Waals surface area (Å²) >= 11 is 0. The summed E-state index contributed by atoms with van der Waals surface area (Å²) in [5, 5.41) is 10.2. The van der Waals surface area contributed by atoms with Gasteiger partial charge in [-0.25, -0.2) is 4.79 Å². The molecule has 0 aromatic heterocycles. The molecular weight excluding hydrogens is 340 g/mol. The van der Waals surface area contributed by atoms with Gasteiger partial charge >= 0.3 is 11.8 Å². The molecule has 144 valence electrons. The quantitative estimate of drug-likeness (QED) is 0.707. The zero-order valence-corrected chi connectivity index (χ0v) is 16.1. The molecule has 0 spiro atoms. The van der Waals surface area contributed by atoms with Crippen LogP contribution in [0.3, 0.4) is 0 Å². The van der Waals surface area contributed by atoms with Gasteiger partial charge in [-0.15, -0.1) is 0 Å². The number of fused-ring (bicyclic) bond motifs is 2. The van der Waals surface area contributed by atoms with E-state index in [-0.39, 0.29) is 5.92 Å². The molecule has 27 heavy (non-hydrogen) atoms. The standard InChI is InChI=1S/C23H28O4/c1-3-5-10-17(4-2)16-23(22(24)25)26-20-13-8-6-11-18(20)15-19-12-7-9-14-21(19)27-23/h6-9,11-14,17H,3-5,10,15-16H2,1-2H3,(H,24,25). The molecule has 0 saturated carbocycles. The van der Waals surface area contributed by atoms with Crippen molar-refractivity contribution in [3.63, 3.8) is 0 Å². The Hall–Kier alpha value is -2.49. The van der Waals surface area contributed by atoms with Crippen molar-refractivity contribution >= 4 is 5.97 Å². The second-order valence-electron chi connectivity index (χ2n) is 7.28. The number of carboxylic acid groups (broad SMARTS) is 1. The molecule has 1 aliphatic rings. The van der Waals surface area contributed by atoms with Gasteiger partial charge in [0, 0.05) is 12.8 Å². The summed E-state index contributed by atoms with van der Waals surface area (Å²) < 4.78 is 12.3. The van der Waals surface area contributed by atoms with Gasteiger partial charge in [-0.3, -0.25) is 0 Å². The third-order valence-corrected chi connectivity index (χ3v) is 5.30. The van der Waals surface area contributed by atoms with Gasteiger partial charge in [0.15, 0.2) is 0 Å². The first kappa shape index (κ1) is 19.3. The summed E-state index contributed by atoms with van der Waals surface area (Å²) in [5.74, 6) is -1.41. The molecule has 0 aliphatic carbocycles. The van der Waals surface area contributed by atoms with Gasteiger partial charge in [0.05, 0.1) is 0 Å². The number of para-hydroxylation sites is 2. The fraction of sp³-hybridized carbons (Fsp3) is 0.435. The third-order valence-electron chi connectivity index (χ3n) is 5.30. The van der Waals surface area contributed by atoms with E-state index in [0.717, 1.165) is 36.8 Å². The van der Waals surface area contributed by atoms with Crippen LogP contribution in [-0.4, -0.2) is 16.9 Å². The van der Waals surface area contributed by atoms with Crippen LogP contribution in [0.5, 0.6) is 11.5 Å². The molecule has 2 aromatic rings. The Morgan fingerprint density at radius 1 is 1.04 bits per heavy atom. The van der Waals surface area contributed by atoms with Crippen molar-refractivity contribution in [2.75, 3.05) is 0 Å². The zero-order chi connectivity index (χ0) is 19.3. The molecule has 0 amide bonds. The third kappa shape index (κ3) is 4.26. The Kier molecular flexibility index (Phi) is 6.04. The predicted molar refractivity (Wildman–Crippen MR) is 105 cm³/mol. The van der Waals surface area contributed by atoms with Crippen molar-refractivity contribution in [3.8, 4) is 11.5 Å². The second-order valence-corrected chi connectivity index (χ2v) is 7.28. The topological polar surface area (TPSA) is 55.8 Å². The van der Waals surface area contributed by atoms with E-state index in [0.29, 0.717) is 24.3 Å². The van der Waals surface area contributed by atoms with E-state index in [1.165, 1.54) is 0 Å². The number of unbranched alkanes of at least 4 members (excludes halogenated alkanes) is 1. The minimum atomic E-state index is -1.72. The van der Waals surface area contributed by atoms with Crippen LogP contribution in [0.15, 0.2) is 48.5 Å². The van der Waals surface area contributed by atoms with E-state index in [2.05, 4.69) is 13.8 Å². The summed E-state index contributed by atoms with van der Waals surface area (Å²) in [7, 11) is 0. The first-order valence-electron chi connectivity index (χ1n) is 9.85. The number of rotatable bonds is 7. The molecule has 1 N–H and O–H groups in total. The van der Waals surface area contributed by atoms with Gasteiger partial charge in [0.2, 0.25) is 0 Å². The molecule has 1 atom stereocenters. The zero-order valence-electron chi connectivity index (χ0n) is 16.1. The van der Waals surface area contributed by atoms with Gasteiger partial charge in [-0.05, 0) is 29.2 Å². The highest BCUT2D eigenvalue weighted by Crippen LogP contribution is 2.38. The number of carboxylic acids is 1. The molecule has 0 saturated heterocycles. The van der Waals surface area contributed by atoms with E-state index in [9.17, 15) is 9.90 Å². The minimum Gasteiger partial charge on any atom is -0.475 e. The van der Waals surface area contributed by atoms with Gasteiger partial charge in [0.25, 0.3) is 0 Å². The smallest absolute Gasteiger partial charge is 0.390 e. The van der Waals surface area contributed by atoms with Crippen LogP contribution in [0.1, 0.15) is 57.1 Å². The summed E-state index contributed by atoms with van der Waals surface area (Å²) in [5.41, 5.74) is 1.95. The Bertz CT molecular complexity index is 736. The summed E-state index contributed by atoms with van der Waals surface area (Å²) in [6.45, 7) is 4.25. The lowest BCUT2D eigenvalue weighted by Gasteiger charge is -2.36. The molecular formula is C23H28O4. The van der Waals surface area contributed by atoms with Crippen LogP contribution in [0.2, 0.25) is 0 Å². The van der Waals surface area contributed by atoms with Crippen LogP contribution in [-0.2, 0) is 11.2 Å². The molecule has 0 bridgehead atoms. The van der Waals surface area contributed by atoms with Crippen molar-refractivity contribution < 1.29 is 19.4 Å². The van der Waals surface area contributed by atoms with Gasteiger partial charge in [0.1, 0.15) is 11.5 Å². The van der Waals surface area contributed by atoms with Crippen molar-refractivity contribution in [2.24, 2.45) is 5.92 Å².